The van der Waals surface area contributed by atoms with Crippen LogP contribution in [-0.2, 0) is 0 Å². The van der Waals surface area contributed by atoms with Crippen LogP contribution in [0, 0.1) is 11.3 Å². The molecule has 3 rings (SSSR count). The number of benzene rings is 2. The number of rotatable bonds is 7. The van der Waals surface area contributed by atoms with Crippen molar-refractivity contribution in [1.29, 1.82) is 5.26 Å². The lowest BCUT2D eigenvalue weighted by Crippen LogP contribution is -2.10. The van der Waals surface area contributed by atoms with E-state index in [1.165, 1.54) is 0 Å². The Kier molecular flexibility index (Phi) is 6.15. The molecule has 6 nitrogen and oxygen atoms in total. The van der Waals surface area contributed by atoms with E-state index >= 15 is 0 Å². The van der Waals surface area contributed by atoms with Gasteiger partial charge in [0.25, 0.3) is 0 Å². The summed E-state index contributed by atoms with van der Waals surface area (Å²) < 4.78 is 10.9. The van der Waals surface area contributed by atoms with Gasteiger partial charge in [-0.05, 0) is 55.8 Å². The molecule has 29 heavy (non-hydrogen) atoms. The third-order valence-electron chi connectivity index (χ3n) is 4.43. The summed E-state index contributed by atoms with van der Waals surface area (Å²) in [6, 6.07) is 14.4. The average molecular weight is 408 g/mol. The van der Waals surface area contributed by atoms with Gasteiger partial charge in [0.15, 0.2) is 0 Å². The van der Waals surface area contributed by atoms with Gasteiger partial charge in [0, 0.05) is 11.1 Å². The Labute approximate surface area is 173 Å². The number of thiazole rings is 1. The maximum absolute atomic E-state index is 11.8. The Hall–Kier alpha value is -3.37. The number of carboxylic acids is 1. The van der Waals surface area contributed by atoms with Crippen molar-refractivity contribution in [2.24, 2.45) is 0 Å². The number of nitrogens with zero attached hydrogens (tertiary/aromatic N) is 2. The molecule has 1 aromatic heterocycles. The highest BCUT2D eigenvalue weighted by Gasteiger charge is 2.20. The van der Waals surface area contributed by atoms with Crippen molar-refractivity contribution < 1.29 is 19.4 Å². The molecule has 1 unspecified atom stereocenters. The largest absolute Gasteiger partial charge is 0.497 e. The quantitative estimate of drug-likeness (QED) is 0.575. The molecular weight excluding hydrogens is 388 g/mol. The molecule has 0 spiro atoms. The van der Waals surface area contributed by atoms with Crippen LogP contribution < -0.4 is 9.47 Å². The molecule has 1 N–H and O–H groups in total. The second-order valence-corrected chi connectivity index (χ2v) is 7.39. The molecule has 0 aliphatic rings. The number of ether oxygens (including phenoxy) is 2. The molecular formula is C22H20N2O4S. The number of aromatic carboxylic acids is 1. The third-order valence-corrected chi connectivity index (χ3v) is 5.53. The summed E-state index contributed by atoms with van der Waals surface area (Å²) in [5.74, 6) is 0.143. The number of carboxylic acid groups (broad SMARTS) is 1. The predicted octanol–water partition coefficient (Wildman–Crippen LogP) is 5.23. The molecule has 0 bridgehead atoms. The first-order valence-electron chi connectivity index (χ1n) is 9.06. The lowest BCUT2D eigenvalue weighted by atomic mass is 10.1. The Morgan fingerprint density at radius 3 is 2.52 bits per heavy atom. The molecule has 0 saturated heterocycles. The van der Waals surface area contributed by atoms with Gasteiger partial charge < -0.3 is 14.6 Å². The minimum absolute atomic E-state index is 0.00639. The van der Waals surface area contributed by atoms with E-state index in [0.717, 1.165) is 17.8 Å². The molecule has 0 fully saturated rings. The van der Waals surface area contributed by atoms with Gasteiger partial charge in [0.1, 0.15) is 27.5 Å². The smallest absolute Gasteiger partial charge is 0.348 e. The SMILES string of the molecule is CCC(C)Oc1ccc(-c2nc(-c3ccc(OC)cc3)c(C(=O)O)s2)cc1C#N. The van der Waals surface area contributed by atoms with Gasteiger partial charge in [-0.15, -0.1) is 11.3 Å². The molecule has 0 saturated carbocycles. The molecule has 7 heteroatoms. The molecule has 0 amide bonds. The average Bonchev–Trinajstić information content (AvgIpc) is 3.19. The van der Waals surface area contributed by atoms with Gasteiger partial charge in [0.05, 0.1) is 24.5 Å². The van der Waals surface area contributed by atoms with E-state index in [-0.39, 0.29) is 11.0 Å². The number of aromatic nitrogens is 1. The zero-order valence-corrected chi connectivity index (χ0v) is 17.1. The standard InChI is InChI=1S/C22H20N2O4S/c1-4-13(2)28-18-10-7-15(11-16(18)12-23)21-24-19(20(29-21)22(25)26)14-5-8-17(27-3)9-6-14/h5-11,13H,4H2,1-3H3,(H,25,26). The molecule has 2 aromatic carbocycles. The van der Waals surface area contributed by atoms with E-state index in [0.29, 0.717) is 38.9 Å². The first kappa shape index (κ1) is 20.4. The highest BCUT2D eigenvalue weighted by Crippen LogP contribution is 2.36. The number of hydrogen-bond acceptors (Lipinski definition) is 6. The molecule has 0 aliphatic carbocycles. The number of carbonyl (C=O) groups is 1. The predicted molar refractivity (Wildman–Crippen MR) is 112 cm³/mol. The second kappa shape index (κ2) is 8.76. The summed E-state index contributed by atoms with van der Waals surface area (Å²) in [7, 11) is 1.57. The third kappa shape index (κ3) is 4.39. The Morgan fingerprint density at radius 2 is 1.93 bits per heavy atom. The van der Waals surface area contributed by atoms with Crippen molar-refractivity contribution in [3.8, 4) is 39.4 Å². The first-order valence-corrected chi connectivity index (χ1v) is 9.88. The zero-order chi connectivity index (χ0) is 21.0. The van der Waals surface area contributed by atoms with Crippen molar-refractivity contribution in [3.05, 3.63) is 52.9 Å². The van der Waals surface area contributed by atoms with Crippen LogP contribution in [0.1, 0.15) is 35.5 Å². The summed E-state index contributed by atoms with van der Waals surface area (Å²) >= 11 is 1.08. The van der Waals surface area contributed by atoms with Crippen LogP contribution in [0.5, 0.6) is 11.5 Å². The topological polar surface area (TPSA) is 92.4 Å². The number of nitriles is 1. The van der Waals surface area contributed by atoms with Crippen molar-refractivity contribution in [3.63, 3.8) is 0 Å². The summed E-state index contributed by atoms with van der Waals surface area (Å²) in [5.41, 5.74) is 2.13. The fourth-order valence-electron chi connectivity index (χ4n) is 2.69. The normalized spacial score (nSPS) is 11.5. The molecule has 0 aliphatic heterocycles. The fraction of sp³-hybridized carbons (Fsp3) is 0.227. The summed E-state index contributed by atoms with van der Waals surface area (Å²) in [6.45, 7) is 3.95. The zero-order valence-electron chi connectivity index (χ0n) is 16.3. The summed E-state index contributed by atoms with van der Waals surface area (Å²) in [6.07, 6.45) is 0.819. The molecule has 3 aromatic rings. The van der Waals surface area contributed by atoms with E-state index in [4.69, 9.17) is 9.47 Å². The summed E-state index contributed by atoms with van der Waals surface area (Å²) in [4.78, 5) is 16.5. The van der Waals surface area contributed by atoms with Crippen LogP contribution in [0.2, 0.25) is 0 Å². The van der Waals surface area contributed by atoms with Crippen LogP contribution in [0.25, 0.3) is 21.8 Å². The number of hydrogen-bond donors (Lipinski definition) is 1. The van der Waals surface area contributed by atoms with Crippen LogP contribution in [0.15, 0.2) is 42.5 Å². The Morgan fingerprint density at radius 1 is 1.24 bits per heavy atom. The van der Waals surface area contributed by atoms with Crippen LogP contribution >= 0.6 is 11.3 Å². The van der Waals surface area contributed by atoms with Crippen LogP contribution in [-0.4, -0.2) is 29.3 Å². The molecule has 148 valence electrons. The van der Waals surface area contributed by atoms with Crippen molar-refractivity contribution >= 4 is 17.3 Å². The van der Waals surface area contributed by atoms with E-state index in [2.05, 4.69) is 11.1 Å². The van der Waals surface area contributed by atoms with E-state index < -0.39 is 5.97 Å². The van der Waals surface area contributed by atoms with Crippen LogP contribution in [0.4, 0.5) is 0 Å². The highest BCUT2D eigenvalue weighted by atomic mass is 32.1. The minimum Gasteiger partial charge on any atom is -0.497 e. The molecule has 1 atom stereocenters. The van der Waals surface area contributed by atoms with Crippen molar-refractivity contribution in [2.75, 3.05) is 7.11 Å². The Bertz CT molecular complexity index is 1070. The summed E-state index contributed by atoms with van der Waals surface area (Å²) in [5, 5.41) is 19.7. The lowest BCUT2D eigenvalue weighted by molar-refractivity contribution is 0.0702. The first-order chi connectivity index (χ1) is 14.0. The van der Waals surface area contributed by atoms with E-state index in [1.54, 1.807) is 49.6 Å². The van der Waals surface area contributed by atoms with E-state index in [1.807, 2.05) is 13.8 Å². The van der Waals surface area contributed by atoms with Gasteiger partial charge in [-0.1, -0.05) is 6.92 Å². The van der Waals surface area contributed by atoms with Crippen LogP contribution in [0.3, 0.4) is 0 Å². The fourth-order valence-corrected chi connectivity index (χ4v) is 3.61. The lowest BCUT2D eigenvalue weighted by Gasteiger charge is -2.14. The minimum atomic E-state index is -1.04. The Balaban J connectivity index is 2.03. The van der Waals surface area contributed by atoms with Gasteiger partial charge in [-0.3, -0.25) is 0 Å². The van der Waals surface area contributed by atoms with Gasteiger partial charge in [-0.2, -0.15) is 5.26 Å². The maximum Gasteiger partial charge on any atom is 0.348 e. The molecule has 0 radical (unpaired) electrons. The van der Waals surface area contributed by atoms with Gasteiger partial charge >= 0.3 is 5.97 Å². The highest BCUT2D eigenvalue weighted by molar-refractivity contribution is 7.17. The van der Waals surface area contributed by atoms with E-state index in [9.17, 15) is 15.2 Å². The maximum atomic E-state index is 11.8. The molecule has 1 heterocycles. The van der Waals surface area contributed by atoms with Crippen molar-refractivity contribution in [2.45, 2.75) is 26.4 Å². The second-order valence-electron chi connectivity index (χ2n) is 6.39. The monoisotopic (exact) mass is 408 g/mol. The van der Waals surface area contributed by atoms with Gasteiger partial charge in [0.2, 0.25) is 0 Å². The number of methoxy groups -OCH3 is 1. The van der Waals surface area contributed by atoms with Gasteiger partial charge in [-0.25, -0.2) is 9.78 Å². The van der Waals surface area contributed by atoms with Crippen molar-refractivity contribution in [1.82, 2.24) is 4.98 Å².